The zero-order valence-corrected chi connectivity index (χ0v) is 11.2. The summed E-state index contributed by atoms with van der Waals surface area (Å²) in [5.74, 6) is -2.05. The molecule has 100 valence electrons. The van der Waals surface area contributed by atoms with Gasteiger partial charge in [0.05, 0.1) is 0 Å². The maximum atomic E-state index is 13.1. The topological polar surface area (TPSA) is 12.0 Å². The Kier molecular flexibility index (Phi) is 5.57. The molecule has 0 aromatic carbocycles. The normalized spacial score (nSPS) is 22.2. The fraction of sp³-hybridized carbons (Fsp3) is 0.857. The molecule has 0 bridgehead atoms. The van der Waals surface area contributed by atoms with Crippen molar-refractivity contribution in [2.24, 2.45) is 5.92 Å². The first-order valence-electron chi connectivity index (χ1n) is 6.71. The molecule has 1 rings (SSSR count). The lowest BCUT2D eigenvalue weighted by molar-refractivity contribution is -0.0478. The van der Waals surface area contributed by atoms with E-state index in [0.717, 1.165) is 13.0 Å². The van der Waals surface area contributed by atoms with Crippen LogP contribution in [0.5, 0.6) is 0 Å². The average Bonchev–Trinajstić information content (AvgIpc) is 2.24. The van der Waals surface area contributed by atoms with E-state index in [4.69, 9.17) is 0 Å². The van der Waals surface area contributed by atoms with Crippen LogP contribution in [0.15, 0.2) is 11.6 Å². The van der Waals surface area contributed by atoms with Crippen molar-refractivity contribution >= 4 is 0 Å². The second kappa shape index (κ2) is 6.48. The molecule has 1 aliphatic carbocycles. The molecule has 0 aromatic heterocycles. The monoisotopic (exact) mass is 245 g/mol. The Bertz CT molecular complexity index is 247. The molecule has 0 heterocycles. The Morgan fingerprint density at radius 3 is 2.41 bits per heavy atom. The van der Waals surface area contributed by atoms with Crippen LogP contribution in [0, 0.1) is 5.92 Å². The van der Waals surface area contributed by atoms with Gasteiger partial charge < -0.3 is 5.32 Å². The molecule has 0 aliphatic heterocycles. The maximum absolute atomic E-state index is 13.1. The lowest BCUT2D eigenvalue weighted by Gasteiger charge is -2.33. The summed E-state index contributed by atoms with van der Waals surface area (Å²) in [5, 5.41) is 3.48. The van der Waals surface area contributed by atoms with Crippen LogP contribution in [0.3, 0.4) is 0 Å². The van der Waals surface area contributed by atoms with Gasteiger partial charge in [0.25, 0.3) is 0 Å². The molecule has 1 nitrogen and oxygen atoms in total. The zero-order valence-electron chi connectivity index (χ0n) is 11.2. The number of allylic oxidation sites excluding steroid dienone is 1. The summed E-state index contributed by atoms with van der Waals surface area (Å²) in [4.78, 5) is 0. The average molecular weight is 245 g/mol. The van der Waals surface area contributed by atoms with Crippen molar-refractivity contribution in [3.8, 4) is 0 Å². The molecular weight excluding hydrogens is 220 g/mol. The van der Waals surface area contributed by atoms with Crippen LogP contribution in [0.1, 0.15) is 52.9 Å². The first kappa shape index (κ1) is 14.6. The van der Waals surface area contributed by atoms with E-state index < -0.39 is 5.92 Å². The van der Waals surface area contributed by atoms with Crippen LogP contribution in [0.4, 0.5) is 8.78 Å². The number of rotatable bonds is 5. The van der Waals surface area contributed by atoms with E-state index in [0.29, 0.717) is 18.8 Å². The fourth-order valence-corrected chi connectivity index (χ4v) is 2.45. The predicted molar refractivity (Wildman–Crippen MR) is 68.4 cm³/mol. The number of hydrogen-bond donors (Lipinski definition) is 1. The van der Waals surface area contributed by atoms with Crippen LogP contribution >= 0.6 is 0 Å². The van der Waals surface area contributed by atoms with Crippen LogP contribution in [-0.4, -0.2) is 18.5 Å². The minimum Gasteiger partial charge on any atom is -0.310 e. The van der Waals surface area contributed by atoms with E-state index in [2.05, 4.69) is 32.2 Å². The number of nitrogens with one attached hydrogen (secondary N) is 1. The molecule has 3 heteroatoms. The second-order valence-electron chi connectivity index (χ2n) is 5.42. The molecule has 0 spiro atoms. The summed E-state index contributed by atoms with van der Waals surface area (Å²) in [7, 11) is 0. The smallest absolute Gasteiger partial charge is 0.248 e. The van der Waals surface area contributed by atoms with E-state index in [1.165, 1.54) is 5.57 Å². The highest BCUT2D eigenvalue weighted by atomic mass is 19.3. The van der Waals surface area contributed by atoms with Crippen molar-refractivity contribution in [3.05, 3.63) is 11.6 Å². The van der Waals surface area contributed by atoms with Crippen molar-refractivity contribution in [1.29, 1.82) is 0 Å². The van der Waals surface area contributed by atoms with Crippen molar-refractivity contribution in [3.63, 3.8) is 0 Å². The maximum Gasteiger partial charge on any atom is 0.248 e. The molecule has 1 unspecified atom stereocenters. The highest BCUT2D eigenvalue weighted by molar-refractivity contribution is 5.04. The minimum atomic E-state index is -2.42. The van der Waals surface area contributed by atoms with Gasteiger partial charge in [0, 0.05) is 18.9 Å². The number of alkyl halides is 2. The van der Waals surface area contributed by atoms with E-state index in [1.54, 1.807) is 0 Å². The standard InChI is InChI=1S/C14H25F2N/c1-4-9-17-13(10-11(2)3)12-5-7-14(15,16)8-6-12/h10,12-13,17H,4-9H2,1-3H3. The molecule has 1 saturated carbocycles. The first-order valence-corrected chi connectivity index (χ1v) is 6.71. The van der Waals surface area contributed by atoms with Gasteiger partial charge in [0.15, 0.2) is 0 Å². The van der Waals surface area contributed by atoms with Gasteiger partial charge in [-0.05, 0) is 45.6 Å². The SMILES string of the molecule is CCCNC(C=C(C)C)C1CCC(F)(F)CC1. The van der Waals surface area contributed by atoms with E-state index in [1.807, 2.05) is 0 Å². The number of hydrogen-bond acceptors (Lipinski definition) is 1. The van der Waals surface area contributed by atoms with Gasteiger partial charge in [-0.15, -0.1) is 0 Å². The van der Waals surface area contributed by atoms with Gasteiger partial charge >= 0.3 is 0 Å². The molecule has 0 amide bonds. The molecule has 17 heavy (non-hydrogen) atoms. The van der Waals surface area contributed by atoms with E-state index in [-0.39, 0.29) is 18.9 Å². The quantitative estimate of drug-likeness (QED) is 0.718. The first-order chi connectivity index (χ1) is 7.94. The van der Waals surface area contributed by atoms with Crippen LogP contribution in [-0.2, 0) is 0 Å². The van der Waals surface area contributed by atoms with E-state index >= 15 is 0 Å². The summed E-state index contributed by atoms with van der Waals surface area (Å²) >= 11 is 0. The highest BCUT2D eigenvalue weighted by Gasteiger charge is 2.36. The lowest BCUT2D eigenvalue weighted by Crippen LogP contribution is -2.39. The van der Waals surface area contributed by atoms with Crippen molar-refractivity contribution < 1.29 is 8.78 Å². The zero-order chi connectivity index (χ0) is 12.9. The summed E-state index contributed by atoms with van der Waals surface area (Å²) in [6.45, 7) is 7.22. The van der Waals surface area contributed by atoms with Crippen LogP contribution in [0.2, 0.25) is 0 Å². The summed E-state index contributed by atoms with van der Waals surface area (Å²) in [6, 6.07) is 0.274. The molecule has 0 saturated heterocycles. The number of halogens is 2. The van der Waals surface area contributed by atoms with Crippen molar-refractivity contribution in [2.45, 2.75) is 64.8 Å². The van der Waals surface area contributed by atoms with E-state index in [9.17, 15) is 8.78 Å². The Labute approximate surface area is 104 Å². The minimum absolute atomic E-state index is 0.0541. The molecule has 1 atom stereocenters. The third kappa shape index (κ3) is 5.15. The van der Waals surface area contributed by atoms with Crippen LogP contribution < -0.4 is 5.32 Å². The summed E-state index contributed by atoms with van der Waals surface area (Å²) in [5.41, 5.74) is 1.26. The fourth-order valence-electron chi connectivity index (χ4n) is 2.45. The third-order valence-electron chi connectivity index (χ3n) is 3.41. The predicted octanol–water partition coefficient (Wildman–Crippen LogP) is 4.15. The summed E-state index contributed by atoms with van der Waals surface area (Å²) < 4.78 is 26.2. The Balaban J connectivity index is 2.55. The second-order valence-corrected chi connectivity index (χ2v) is 5.42. The van der Waals surface area contributed by atoms with Gasteiger partial charge in [-0.25, -0.2) is 8.78 Å². The molecule has 0 aromatic rings. The largest absolute Gasteiger partial charge is 0.310 e. The van der Waals surface area contributed by atoms with Gasteiger partial charge in [-0.2, -0.15) is 0 Å². The van der Waals surface area contributed by atoms with Crippen molar-refractivity contribution in [1.82, 2.24) is 5.32 Å². The van der Waals surface area contributed by atoms with Gasteiger partial charge in [-0.3, -0.25) is 0 Å². The molecule has 0 radical (unpaired) electrons. The third-order valence-corrected chi connectivity index (χ3v) is 3.41. The Hall–Kier alpha value is -0.440. The van der Waals surface area contributed by atoms with Crippen molar-refractivity contribution in [2.75, 3.05) is 6.54 Å². The molecule has 1 aliphatic rings. The molecular formula is C14H25F2N. The van der Waals surface area contributed by atoms with Gasteiger partial charge in [-0.1, -0.05) is 18.6 Å². The Morgan fingerprint density at radius 1 is 1.35 bits per heavy atom. The summed E-state index contributed by atoms with van der Waals surface area (Å²) in [6.07, 6.45) is 4.66. The Morgan fingerprint density at radius 2 is 1.94 bits per heavy atom. The molecule has 1 fully saturated rings. The van der Waals surface area contributed by atoms with Gasteiger partial charge in [0.2, 0.25) is 5.92 Å². The molecule has 1 N–H and O–H groups in total. The lowest BCUT2D eigenvalue weighted by atomic mass is 9.81. The van der Waals surface area contributed by atoms with Crippen LogP contribution in [0.25, 0.3) is 0 Å². The van der Waals surface area contributed by atoms with Gasteiger partial charge in [0.1, 0.15) is 0 Å². The highest BCUT2D eigenvalue weighted by Crippen LogP contribution is 2.37.